The first-order chi connectivity index (χ1) is 10.7. The maximum absolute atomic E-state index is 11.0. The van der Waals surface area contributed by atoms with Gasteiger partial charge in [-0.2, -0.15) is 0 Å². The summed E-state index contributed by atoms with van der Waals surface area (Å²) in [6.07, 6.45) is 6.71. The molecule has 0 fully saturated rings. The summed E-state index contributed by atoms with van der Waals surface area (Å²) < 4.78 is 0. The van der Waals surface area contributed by atoms with E-state index in [1.807, 2.05) is 12.2 Å². The van der Waals surface area contributed by atoms with Crippen LogP contribution in [0.4, 0.5) is 5.69 Å². The number of H-pyrrole nitrogens is 1. The first kappa shape index (κ1) is 16.0. The molecule has 0 aliphatic rings. The number of benzene rings is 1. The summed E-state index contributed by atoms with van der Waals surface area (Å²) in [7, 11) is 0. The van der Waals surface area contributed by atoms with Crippen molar-refractivity contribution in [1.29, 1.82) is 0 Å². The van der Waals surface area contributed by atoms with Crippen LogP contribution in [0.15, 0.2) is 47.4 Å². The van der Waals surface area contributed by atoms with Gasteiger partial charge in [0.15, 0.2) is 0 Å². The van der Waals surface area contributed by atoms with E-state index in [1.54, 1.807) is 12.3 Å². The number of hydrogen-bond donors (Lipinski definition) is 2. The quantitative estimate of drug-likeness (QED) is 0.826. The summed E-state index contributed by atoms with van der Waals surface area (Å²) in [6.45, 7) is 3.88. The van der Waals surface area contributed by atoms with Gasteiger partial charge < -0.3 is 15.0 Å². The van der Waals surface area contributed by atoms with Crippen LogP contribution in [-0.4, -0.2) is 29.8 Å². The van der Waals surface area contributed by atoms with Crippen LogP contribution in [0.5, 0.6) is 0 Å². The first-order valence-corrected chi connectivity index (χ1v) is 7.55. The Hall–Kier alpha value is -2.33. The van der Waals surface area contributed by atoms with Gasteiger partial charge >= 0.3 is 0 Å². The minimum atomic E-state index is -0.0959. The summed E-state index contributed by atoms with van der Waals surface area (Å²) in [5.41, 5.74) is 3.07. The number of pyridine rings is 1. The molecule has 0 saturated carbocycles. The van der Waals surface area contributed by atoms with Crippen molar-refractivity contribution < 1.29 is 5.11 Å². The van der Waals surface area contributed by atoms with Crippen molar-refractivity contribution >= 4 is 17.8 Å². The number of nitrogens with one attached hydrogen (secondary N) is 1. The second-order valence-corrected chi connectivity index (χ2v) is 5.12. The average molecular weight is 298 g/mol. The molecule has 0 spiro atoms. The van der Waals surface area contributed by atoms with E-state index in [0.717, 1.165) is 29.8 Å². The molecule has 22 heavy (non-hydrogen) atoms. The molecule has 4 heteroatoms. The van der Waals surface area contributed by atoms with Crippen molar-refractivity contribution in [2.45, 2.75) is 13.3 Å². The standard InChI is InChI=1S/C18H22N2O2/c1-2-11-20(12-13-21)17-8-5-15(6-9-17)3-4-16-7-10-18(22)19-14-16/h3-10,14,21H,2,11-13H2,1H3,(H,19,22)/b4-3+. The highest BCUT2D eigenvalue weighted by Crippen LogP contribution is 2.17. The zero-order valence-corrected chi connectivity index (χ0v) is 12.8. The van der Waals surface area contributed by atoms with E-state index in [0.29, 0.717) is 6.54 Å². The highest BCUT2D eigenvalue weighted by atomic mass is 16.3. The van der Waals surface area contributed by atoms with Gasteiger partial charge in [-0.15, -0.1) is 0 Å². The van der Waals surface area contributed by atoms with Crippen molar-refractivity contribution in [2.24, 2.45) is 0 Å². The lowest BCUT2D eigenvalue weighted by Gasteiger charge is -2.23. The third-order valence-corrected chi connectivity index (χ3v) is 3.40. The summed E-state index contributed by atoms with van der Waals surface area (Å²) >= 11 is 0. The molecule has 4 nitrogen and oxygen atoms in total. The van der Waals surface area contributed by atoms with Gasteiger partial charge in [-0.1, -0.05) is 31.2 Å². The maximum Gasteiger partial charge on any atom is 0.247 e. The van der Waals surface area contributed by atoms with Gasteiger partial charge in [0.1, 0.15) is 0 Å². The van der Waals surface area contributed by atoms with Gasteiger partial charge in [0, 0.05) is 31.0 Å². The van der Waals surface area contributed by atoms with Crippen molar-refractivity contribution in [3.63, 3.8) is 0 Å². The van der Waals surface area contributed by atoms with Crippen molar-refractivity contribution in [2.75, 3.05) is 24.6 Å². The number of rotatable bonds is 7. The fourth-order valence-corrected chi connectivity index (χ4v) is 2.28. The molecular formula is C18H22N2O2. The molecule has 2 rings (SSSR count). The topological polar surface area (TPSA) is 56.3 Å². The monoisotopic (exact) mass is 298 g/mol. The van der Waals surface area contributed by atoms with Crippen LogP contribution in [0.3, 0.4) is 0 Å². The highest BCUT2D eigenvalue weighted by Gasteiger charge is 2.03. The van der Waals surface area contributed by atoms with E-state index >= 15 is 0 Å². The predicted octanol–water partition coefficient (Wildman–Crippen LogP) is 2.75. The van der Waals surface area contributed by atoms with E-state index in [-0.39, 0.29) is 12.2 Å². The van der Waals surface area contributed by atoms with E-state index in [4.69, 9.17) is 5.11 Å². The Morgan fingerprint density at radius 1 is 1.05 bits per heavy atom. The van der Waals surface area contributed by atoms with Crippen molar-refractivity contribution in [3.8, 4) is 0 Å². The van der Waals surface area contributed by atoms with E-state index in [1.165, 1.54) is 6.07 Å². The van der Waals surface area contributed by atoms with Crippen LogP contribution in [0.25, 0.3) is 12.2 Å². The van der Waals surface area contributed by atoms with Crippen LogP contribution in [0.2, 0.25) is 0 Å². The zero-order valence-electron chi connectivity index (χ0n) is 12.8. The minimum Gasteiger partial charge on any atom is -0.395 e. The van der Waals surface area contributed by atoms with E-state index < -0.39 is 0 Å². The lowest BCUT2D eigenvalue weighted by atomic mass is 10.1. The molecule has 1 heterocycles. The molecule has 1 aromatic heterocycles. The van der Waals surface area contributed by atoms with Gasteiger partial charge in [-0.25, -0.2) is 0 Å². The minimum absolute atomic E-state index is 0.0959. The smallest absolute Gasteiger partial charge is 0.247 e. The molecule has 0 unspecified atom stereocenters. The van der Waals surface area contributed by atoms with Crippen LogP contribution in [0.1, 0.15) is 24.5 Å². The predicted molar refractivity (Wildman–Crippen MR) is 92.0 cm³/mol. The molecule has 2 N–H and O–H groups in total. The third kappa shape index (κ3) is 4.60. The Morgan fingerprint density at radius 3 is 2.32 bits per heavy atom. The van der Waals surface area contributed by atoms with Crippen LogP contribution < -0.4 is 10.5 Å². The fourth-order valence-electron chi connectivity index (χ4n) is 2.28. The number of anilines is 1. The molecule has 0 atom stereocenters. The Morgan fingerprint density at radius 2 is 1.73 bits per heavy atom. The summed E-state index contributed by atoms with van der Waals surface area (Å²) in [5, 5.41) is 9.13. The van der Waals surface area contributed by atoms with Gasteiger partial charge in [0.05, 0.1) is 6.61 Å². The molecule has 0 bridgehead atoms. The largest absolute Gasteiger partial charge is 0.395 e. The first-order valence-electron chi connectivity index (χ1n) is 7.55. The van der Waals surface area contributed by atoms with Crippen molar-refractivity contribution in [1.82, 2.24) is 4.98 Å². The fraction of sp³-hybridized carbons (Fsp3) is 0.278. The summed E-state index contributed by atoms with van der Waals surface area (Å²) in [6, 6.07) is 11.5. The van der Waals surface area contributed by atoms with Crippen LogP contribution in [0, 0.1) is 0 Å². The van der Waals surface area contributed by atoms with E-state index in [9.17, 15) is 4.79 Å². The van der Waals surface area contributed by atoms with Crippen molar-refractivity contribution in [3.05, 3.63) is 64.1 Å². The Bertz CT molecular complexity index is 633. The molecule has 0 radical (unpaired) electrons. The molecule has 1 aromatic carbocycles. The van der Waals surface area contributed by atoms with Gasteiger partial charge in [0.2, 0.25) is 5.56 Å². The lowest BCUT2D eigenvalue weighted by Crippen LogP contribution is -2.27. The highest BCUT2D eigenvalue weighted by molar-refractivity contribution is 5.70. The lowest BCUT2D eigenvalue weighted by molar-refractivity contribution is 0.302. The normalized spacial score (nSPS) is 11.0. The number of aromatic nitrogens is 1. The number of hydrogen-bond acceptors (Lipinski definition) is 3. The van der Waals surface area contributed by atoms with Crippen LogP contribution in [-0.2, 0) is 0 Å². The third-order valence-electron chi connectivity index (χ3n) is 3.40. The zero-order chi connectivity index (χ0) is 15.8. The molecule has 0 amide bonds. The Labute approximate surface area is 130 Å². The molecule has 0 aliphatic carbocycles. The van der Waals surface area contributed by atoms with Gasteiger partial charge in [-0.05, 0) is 35.7 Å². The number of aromatic amines is 1. The van der Waals surface area contributed by atoms with Gasteiger partial charge in [0.25, 0.3) is 0 Å². The Balaban J connectivity index is 2.07. The average Bonchev–Trinajstić information content (AvgIpc) is 2.55. The number of aliphatic hydroxyl groups is 1. The molecule has 2 aromatic rings. The molecule has 0 aliphatic heterocycles. The summed E-state index contributed by atoms with van der Waals surface area (Å²) in [4.78, 5) is 15.8. The maximum atomic E-state index is 11.0. The molecule has 0 saturated heterocycles. The number of nitrogens with zero attached hydrogens (tertiary/aromatic N) is 1. The number of aliphatic hydroxyl groups excluding tert-OH is 1. The molecule has 116 valence electrons. The second kappa shape index (κ2) is 8.20. The Kier molecular flexibility index (Phi) is 5.98. The second-order valence-electron chi connectivity index (χ2n) is 5.12. The summed E-state index contributed by atoms with van der Waals surface area (Å²) in [5.74, 6) is 0. The molecular weight excluding hydrogens is 276 g/mol. The SMILES string of the molecule is CCCN(CCO)c1ccc(/C=C/c2ccc(=O)[nH]c2)cc1. The van der Waals surface area contributed by atoms with E-state index in [2.05, 4.69) is 41.1 Å². The van der Waals surface area contributed by atoms with Crippen LogP contribution >= 0.6 is 0 Å². The van der Waals surface area contributed by atoms with Gasteiger partial charge in [-0.3, -0.25) is 4.79 Å².